The molecule has 3 N–H and O–H groups in total. The average molecular weight is 509 g/mol. The van der Waals surface area contributed by atoms with Gasteiger partial charge < -0.3 is 20.1 Å². The minimum Gasteiger partial charge on any atom is -0.493 e. The van der Waals surface area contributed by atoms with Crippen LogP contribution in [0.3, 0.4) is 0 Å². The molecule has 3 amide bonds. The third kappa shape index (κ3) is 7.93. The summed E-state index contributed by atoms with van der Waals surface area (Å²) in [5.41, 5.74) is 4.04. The third-order valence-electron chi connectivity index (χ3n) is 4.65. The molecular formula is C23H26Cl2N4O5. The minimum atomic E-state index is -0.893. The van der Waals surface area contributed by atoms with Gasteiger partial charge in [-0.25, -0.2) is 5.43 Å². The van der Waals surface area contributed by atoms with Crippen molar-refractivity contribution in [2.24, 2.45) is 5.10 Å². The molecule has 0 spiro atoms. The molecule has 182 valence electrons. The van der Waals surface area contributed by atoms with Crippen LogP contribution in [0.15, 0.2) is 35.4 Å². The predicted molar refractivity (Wildman–Crippen MR) is 132 cm³/mol. The van der Waals surface area contributed by atoms with Crippen molar-refractivity contribution in [2.75, 3.05) is 19.0 Å². The van der Waals surface area contributed by atoms with Crippen molar-refractivity contribution in [2.45, 2.75) is 33.2 Å². The molecule has 0 heterocycles. The fourth-order valence-corrected chi connectivity index (χ4v) is 3.06. The number of hydrogen-bond acceptors (Lipinski definition) is 6. The van der Waals surface area contributed by atoms with Gasteiger partial charge in [0, 0.05) is 16.8 Å². The second-order valence-electron chi connectivity index (χ2n) is 7.31. The monoisotopic (exact) mass is 508 g/mol. The lowest BCUT2D eigenvalue weighted by molar-refractivity contribution is -0.139. The van der Waals surface area contributed by atoms with E-state index in [4.69, 9.17) is 32.7 Å². The van der Waals surface area contributed by atoms with Gasteiger partial charge in [-0.05, 0) is 55.7 Å². The molecule has 9 nitrogen and oxygen atoms in total. The summed E-state index contributed by atoms with van der Waals surface area (Å²) in [5.74, 6) is -1.67. The van der Waals surface area contributed by atoms with Crippen LogP contribution in [0.25, 0.3) is 0 Å². The van der Waals surface area contributed by atoms with E-state index in [1.54, 1.807) is 31.2 Å². The smallest absolute Gasteiger partial charge is 0.329 e. The van der Waals surface area contributed by atoms with Gasteiger partial charge in [0.05, 0.1) is 18.3 Å². The first-order valence-corrected chi connectivity index (χ1v) is 11.1. The zero-order valence-electron chi connectivity index (χ0n) is 19.2. The number of anilines is 1. The Balaban J connectivity index is 2.01. The van der Waals surface area contributed by atoms with E-state index in [9.17, 15) is 14.4 Å². The highest BCUT2D eigenvalue weighted by molar-refractivity contribution is 6.35. The van der Waals surface area contributed by atoms with Gasteiger partial charge in [0.2, 0.25) is 0 Å². The molecular weight excluding hydrogens is 483 g/mol. The second-order valence-corrected chi connectivity index (χ2v) is 8.16. The van der Waals surface area contributed by atoms with Gasteiger partial charge in [0.1, 0.15) is 0 Å². The standard InChI is InChI=1S/C23H26Cl2N4O5/c1-5-14(3)27-22(31)23(32)29-26-11-15-8-17(25)21(19(9-15)33-4)34-12-20(30)28-18-10-16(24)7-6-13(18)2/h6-11,14H,5,12H2,1-4H3,(H,27,31)(H,28,30)(H,29,32)/b26-11-/t14-/m0/s1. The summed E-state index contributed by atoms with van der Waals surface area (Å²) in [5, 5.41) is 9.68. The molecule has 11 heteroatoms. The van der Waals surface area contributed by atoms with E-state index in [1.807, 2.05) is 13.8 Å². The first kappa shape index (κ1) is 26.9. The lowest BCUT2D eigenvalue weighted by Gasteiger charge is -2.14. The van der Waals surface area contributed by atoms with Crippen LogP contribution in [0.4, 0.5) is 5.69 Å². The van der Waals surface area contributed by atoms with Crippen molar-refractivity contribution in [1.82, 2.24) is 10.7 Å². The summed E-state index contributed by atoms with van der Waals surface area (Å²) in [4.78, 5) is 35.8. The molecule has 0 aromatic heterocycles. The van der Waals surface area contributed by atoms with Crippen LogP contribution < -0.4 is 25.5 Å². The van der Waals surface area contributed by atoms with E-state index in [-0.39, 0.29) is 29.2 Å². The molecule has 0 unspecified atom stereocenters. The quantitative estimate of drug-likeness (QED) is 0.271. The Hall–Kier alpha value is -3.30. The van der Waals surface area contributed by atoms with E-state index in [0.29, 0.717) is 22.7 Å². The van der Waals surface area contributed by atoms with Crippen LogP contribution in [0, 0.1) is 6.92 Å². The Bertz CT molecular complexity index is 1090. The van der Waals surface area contributed by atoms with Gasteiger partial charge in [-0.15, -0.1) is 0 Å². The normalized spacial score (nSPS) is 11.6. The Morgan fingerprint density at radius 2 is 1.88 bits per heavy atom. The van der Waals surface area contributed by atoms with Crippen molar-refractivity contribution < 1.29 is 23.9 Å². The van der Waals surface area contributed by atoms with E-state index in [1.165, 1.54) is 19.4 Å². The summed E-state index contributed by atoms with van der Waals surface area (Å²) in [6.07, 6.45) is 1.98. The summed E-state index contributed by atoms with van der Waals surface area (Å²) in [7, 11) is 1.41. The van der Waals surface area contributed by atoms with Crippen molar-refractivity contribution in [1.29, 1.82) is 0 Å². The highest BCUT2D eigenvalue weighted by atomic mass is 35.5. The molecule has 0 aliphatic carbocycles. The Morgan fingerprint density at radius 1 is 1.15 bits per heavy atom. The van der Waals surface area contributed by atoms with E-state index in [2.05, 4.69) is 21.2 Å². The Morgan fingerprint density at radius 3 is 2.56 bits per heavy atom. The molecule has 34 heavy (non-hydrogen) atoms. The maximum absolute atomic E-state index is 12.3. The molecule has 2 aromatic carbocycles. The zero-order valence-corrected chi connectivity index (χ0v) is 20.7. The van der Waals surface area contributed by atoms with Gasteiger partial charge in [-0.3, -0.25) is 14.4 Å². The first-order chi connectivity index (χ1) is 16.1. The number of benzene rings is 2. The SMILES string of the molecule is CC[C@H](C)NC(=O)C(=O)N/N=C\c1cc(Cl)c(OCC(=O)Nc2cc(Cl)ccc2C)c(OC)c1. The summed E-state index contributed by atoms with van der Waals surface area (Å²) in [6, 6.07) is 8.09. The van der Waals surface area contributed by atoms with E-state index < -0.39 is 17.7 Å². The number of carbonyl (C=O) groups excluding carboxylic acids is 3. The number of rotatable bonds is 9. The van der Waals surface area contributed by atoms with Crippen LogP contribution in [-0.4, -0.2) is 43.7 Å². The molecule has 0 radical (unpaired) electrons. The first-order valence-electron chi connectivity index (χ1n) is 10.3. The van der Waals surface area contributed by atoms with Gasteiger partial charge in [0.15, 0.2) is 18.1 Å². The zero-order chi connectivity index (χ0) is 25.3. The summed E-state index contributed by atoms with van der Waals surface area (Å²) < 4.78 is 10.9. The fraction of sp³-hybridized carbons (Fsp3) is 0.304. The second kappa shape index (κ2) is 12.8. The molecule has 0 aliphatic rings. The van der Waals surface area contributed by atoms with Crippen LogP contribution in [0.1, 0.15) is 31.4 Å². The number of hydrogen-bond donors (Lipinski definition) is 3. The van der Waals surface area contributed by atoms with Gasteiger partial charge in [0.25, 0.3) is 5.91 Å². The Kier molecular flexibility index (Phi) is 10.2. The lowest BCUT2D eigenvalue weighted by Crippen LogP contribution is -2.41. The fourth-order valence-electron chi connectivity index (χ4n) is 2.61. The number of amides is 3. The maximum Gasteiger partial charge on any atom is 0.329 e. The molecule has 1 atom stereocenters. The van der Waals surface area contributed by atoms with E-state index in [0.717, 1.165) is 5.56 Å². The summed E-state index contributed by atoms with van der Waals surface area (Å²) in [6.45, 7) is 5.19. The largest absolute Gasteiger partial charge is 0.493 e. The highest BCUT2D eigenvalue weighted by Gasteiger charge is 2.16. The highest BCUT2D eigenvalue weighted by Crippen LogP contribution is 2.36. The third-order valence-corrected chi connectivity index (χ3v) is 5.16. The number of hydrazone groups is 1. The van der Waals surface area contributed by atoms with Crippen molar-refractivity contribution in [3.63, 3.8) is 0 Å². The number of carbonyl (C=O) groups is 3. The van der Waals surface area contributed by atoms with Crippen molar-refractivity contribution in [3.05, 3.63) is 51.5 Å². The number of nitrogens with one attached hydrogen (secondary N) is 3. The molecule has 2 aromatic rings. The molecule has 0 bridgehead atoms. The molecule has 0 aliphatic heterocycles. The predicted octanol–water partition coefficient (Wildman–Crippen LogP) is 3.69. The van der Waals surface area contributed by atoms with Crippen LogP contribution >= 0.6 is 23.2 Å². The number of ether oxygens (including phenoxy) is 2. The van der Waals surface area contributed by atoms with E-state index >= 15 is 0 Å². The van der Waals surface area contributed by atoms with Gasteiger partial charge in [-0.2, -0.15) is 5.10 Å². The minimum absolute atomic E-state index is 0.130. The van der Waals surface area contributed by atoms with Crippen LogP contribution in [0.5, 0.6) is 11.5 Å². The average Bonchev–Trinajstić information content (AvgIpc) is 2.80. The lowest BCUT2D eigenvalue weighted by atomic mass is 10.2. The number of nitrogens with zero attached hydrogens (tertiary/aromatic N) is 1. The van der Waals surface area contributed by atoms with Crippen LogP contribution in [-0.2, 0) is 14.4 Å². The summed E-state index contributed by atoms with van der Waals surface area (Å²) >= 11 is 12.3. The number of aryl methyl sites for hydroxylation is 1. The van der Waals surface area contributed by atoms with Crippen LogP contribution in [0.2, 0.25) is 10.0 Å². The molecule has 0 saturated heterocycles. The number of methoxy groups -OCH3 is 1. The van der Waals surface area contributed by atoms with Gasteiger partial charge in [-0.1, -0.05) is 36.2 Å². The number of halogens is 2. The van der Waals surface area contributed by atoms with Gasteiger partial charge >= 0.3 is 11.8 Å². The van der Waals surface area contributed by atoms with Crippen molar-refractivity contribution in [3.8, 4) is 11.5 Å². The Labute approximate surface area is 207 Å². The molecule has 0 saturated carbocycles. The molecule has 2 rings (SSSR count). The topological polar surface area (TPSA) is 118 Å². The molecule has 0 fully saturated rings. The van der Waals surface area contributed by atoms with Crippen molar-refractivity contribution >= 4 is 52.8 Å². The maximum atomic E-state index is 12.3.